The number of aromatic nitrogens is 1. The largest absolute Gasteiger partial charge is 0.397 e. The van der Waals surface area contributed by atoms with Gasteiger partial charge in [-0.05, 0) is 41.8 Å². The summed E-state index contributed by atoms with van der Waals surface area (Å²) in [6.45, 7) is 4.49. The zero-order valence-corrected chi connectivity index (χ0v) is 11.5. The maximum Gasteiger partial charge on any atom is 0.143 e. The van der Waals surface area contributed by atoms with Gasteiger partial charge in [0.25, 0.3) is 0 Å². The van der Waals surface area contributed by atoms with Crippen LogP contribution >= 0.6 is 15.9 Å². The fourth-order valence-electron chi connectivity index (χ4n) is 1.33. The predicted molar refractivity (Wildman–Crippen MR) is 70.7 cm³/mol. The van der Waals surface area contributed by atoms with Crippen LogP contribution in [0.4, 0.5) is 11.5 Å². The number of rotatable bonds is 4. The number of nitrogens with zero attached hydrogens (tertiary/aromatic N) is 2. The first-order valence-electron chi connectivity index (χ1n) is 5.23. The number of aliphatic hydroxyl groups excluding tert-OH is 1. The Labute approximate surface area is 105 Å². The Morgan fingerprint density at radius 1 is 1.62 bits per heavy atom. The second-order valence-electron chi connectivity index (χ2n) is 4.04. The standard InChI is InChI=1S/C11H18BrN3O/c1-7(16)4-5-15(3)11-10(12)8(2)9(13)6-14-11/h6-7,16H,4-5,13H2,1-3H3. The molecule has 0 saturated carbocycles. The summed E-state index contributed by atoms with van der Waals surface area (Å²) in [5.41, 5.74) is 7.44. The molecule has 1 unspecified atom stereocenters. The Morgan fingerprint density at radius 3 is 2.81 bits per heavy atom. The van der Waals surface area contributed by atoms with Crippen molar-refractivity contribution in [3.05, 3.63) is 16.2 Å². The summed E-state index contributed by atoms with van der Waals surface area (Å²) in [6.07, 6.45) is 2.08. The smallest absolute Gasteiger partial charge is 0.143 e. The van der Waals surface area contributed by atoms with E-state index in [1.54, 1.807) is 13.1 Å². The van der Waals surface area contributed by atoms with Crippen molar-refractivity contribution in [2.75, 3.05) is 24.2 Å². The van der Waals surface area contributed by atoms with Gasteiger partial charge in [-0.15, -0.1) is 0 Å². The molecule has 1 atom stereocenters. The van der Waals surface area contributed by atoms with Crippen molar-refractivity contribution >= 4 is 27.4 Å². The van der Waals surface area contributed by atoms with Crippen molar-refractivity contribution in [3.63, 3.8) is 0 Å². The van der Waals surface area contributed by atoms with Crippen molar-refractivity contribution in [2.45, 2.75) is 26.4 Å². The van der Waals surface area contributed by atoms with E-state index < -0.39 is 0 Å². The molecular weight excluding hydrogens is 270 g/mol. The lowest BCUT2D eigenvalue weighted by atomic mass is 10.2. The van der Waals surface area contributed by atoms with Gasteiger partial charge in [0.15, 0.2) is 0 Å². The molecule has 0 aliphatic heterocycles. The Morgan fingerprint density at radius 2 is 2.25 bits per heavy atom. The van der Waals surface area contributed by atoms with Crippen LogP contribution in [0, 0.1) is 6.92 Å². The molecule has 5 heteroatoms. The van der Waals surface area contributed by atoms with Crippen LogP contribution in [-0.4, -0.2) is 29.8 Å². The summed E-state index contributed by atoms with van der Waals surface area (Å²) < 4.78 is 0.917. The summed E-state index contributed by atoms with van der Waals surface area (Å²) in [6, 6.07) is 0. The van der Waals surface area contributed by atoms with Crippen LogP contribution in [0.5, 0.6) is 0 Å². The zero-order chi connectivity index (χ0) is 12.3. The molecule has 0 amide bonds. The lowest BCUT2D eigenvalue weighted by molar-refractivity contribution is 0.187. The Hall–Kier alpha value is -0.810. The molecular formula is C11H18BrN3O. The second-order valence-corrected chi connectivity index (χ2v) is 4.83. The molecule has 0 aliphatic rings. The number of pyridine rings is 1. The molecule has 0 fully saturated rings. The van der Waals surface area contributed by atoms with Crippen LogP contribution in [0.1, 0.15) is 18.9 Å². The molecule has 1 heterocycles. The molecule has 0 aromatic carbocycles. The van der Waals surface area contributed by atoms with Gasteiger partial charge in [-0.25, -0.2) is 4.98 Å². The Balaban J connectivity index is 2.84. The topological polar surface area (TPSA) is 62.4 Å². The van der Waals surface area contributed by atoms with Crippen LogP contribution in [0.25, 0.3) is 0 Å². The highest BCUT2D eigenvalue weighted by atomic mass is 79.9. The molecule has 90 valence electrons. The van der Waals surface area contributed by atoms with E-state index in [1.807, 2.05) is 18.9 Å². The van der Waals surface area contributed by atoms with Crippen LogP contribution in [0.2, 0.25) is 0 Å². The SMILES string of the molecule is Cc1c(N)cnc(N(C)CCC(C)O)c1Br. The maximum absolute atomic E-state index is 9.24. The number of anilines is 2. The number of hydrogen-bond acceptors (Lipinski definition) is 4. The van der Waals surface area contributed by atoms with E-state index >= 15 is 0 Å². The minimum absolute atomic E-state index is 0.295. The third-order valence-electron chi connectivity index (χ3n) is 2.53. The van der Waals surface area contributed by atoms with Gasteiger partial charge in [0, 0.05) is 13.6 Å². The lowest BCUT2D eigenvalue weighted by Gasteiger charge is -2.21. The summed E-state index contributed by atoms with van der Waals surface area (Å²) in [7, 11) is 1.95. The highest BCUT2D eigenvalue weighted by Crippen LogP contribution is 2.29. The van der Waals surface area contributed by atoms with Gasteiger partial charge in [0.2, 0.25) is 0 Å². The monoisotopic (exact) mass is 287 g/mol. The van der Waals surface area contributed by atoms with Crippen LogP contribution in [0.15, 0.2) is 10.7 Å². The number of aliphatic hydroxyl groups is 1. The highest BCUT2D eigenvalue weighted by Gasteiger charge is 2.11. The molecule has 3 N–H and O–H groups in total. The summed E-state index contributed by atoms with van der Waals surface area (Å²) in [4.78, 5) is 6.29. The number of hydrogen-bond donors (Lipinski definition) is 2. The quantitative estimate of drug-likeness (QED) is 0.889. The molecule has 0 aliphatic carbocycles. The molecule has 1 aromatic rings. The van der Waals surface area contributed by atoms with E-state index in [1.165, 1.54) is 0 Å². The fourth-order valence-corrected chi connectivity index (χ4v) is 1.97. The summed E-state index contributed by atoms with van der Waals surface area (Å²) >= 11 is 3.49. The average Bonchev–Trinajstić information content (AvgIpc) is 2.23. The molecule has 1 aromatic heterocycles. The highest BCUT2D eigenvalue weighted by molar-refractivity contribution is 9.10. The van der Waals surface area contributed by atoms with Gasteiger partial charge in [0.05, 0.1) is 22.5 Å². The Bertz CT molecular complexity index is 368. The molecule has 0 bridgehead atoms. The first kappa shape index (κ1) is 13.3. The van der Waals surface area contributed by atoms with Crippen molar-refractivity contribution in [2.24, 2.45) is 0 Å². The lowest BCUT2D eigenvalue weighted by Crippen LogP contribution is -2.23. The van der Waals surface area contributed by atoms with Gasteiger partial charge in [0.1, 0.15) is 5.82 Å². The first-order valence-corrected chi connectivity index (χ1v) is 6.02. The number of nitrogen functional groups attached to an aromatic ring is 1. The van der Waals surface area contributed by atoms with Crippen molar-refractivity contribution in [3.8, 4) is 0 Å². The molecule has 16 heavy (non-hydrogen) atoms. The van der Waals surface area contributed by atoms with E-state index in [9.17, 15) is 5.11 Å². The predicted octanol–water partition coefficient (Wildman–Crippen LogP) is 1.94. The number of halogens is 1. The van der Waals surface area contributed by atoms with Gasteiger partial charge in [-0.1, -0.05) is 0 Å². The minimum Gasteiger partial charge on any atom is -0.397 e. The van der Waals surface area contributed by atoms with Crippen molar-refractivity contribution in [1.29, 1.82) is 0 Å². The molecule has 0 spiro atoms. The van der Waals surface area contributed by atoms with E-state index in [0.29, 0.717) is 12.1 Å². The second kappa shape index (κ2) is 5.50. The molecule has 0 saturated heterocycles. The molecule has 1 rings (SSSR count). The van der Waals surface area contributed by atoms with Crippen LogP contribution < -0.4 is 10.6 Å². The number of nitrogens with two attached hydrogens (primary N) is 1. The van der Waals surface area contributed by atoms with Crippen LogP contribution in [-0.2, 0) is 0 Å². The first-order chi connectivity index (χ1) is 7.43. The van der Waals surface area contributed by atoms with E-state index in [0.717, 1.165) is 22.4 Å². The molecule has 4 nitrogen and oxygen atoms in total. The van der Waals surface area contributed by atoms with Gasteiger partial charge >= 0.3 is 0 Å². The van der Waals surface area contributed by atoms with Crippen molar-refractivity contribution < 1.29 is 5.11 Å². The fraction of sp³-hybridized carbons (Fsp3) is 0.545. The van der Waals surface area contributed by atoms with Crippen LogP contribution in [0.3, 0.4) is 0 Å². The average molecular weight is 288 g/mol. The van der Waals surface area contributed by atoms with E-state index in [4.69, 9.17) is 5.73 Å². The van der Waals surface area contributed by atoms with E-state index in [-0.39, 0.29) is 6.10 Å². The van der Waals surface area contributed by atoms with E-state index in [2.05, 4.69) is 20.9 Å². The Kier molecular flexibility index (Phi) is 4.56. The summed E-state index contributed by atoms with van der Waals surface area (Å²) in [5.74, 6) is 0.854. The van der Waals surface area contributed by atoms with Gasteiger partial charge < -0.3 is 15.7 Å². The normalized spacial score (nSPS) is 12.6. The van der Waals surface area contributed by atoms with Gasteiger partial charge in [-0.2, -0.15) is 0 Å². The van der Waals surface area contributed by atoms with Gasteiger partial charge in [-0.3, -0.25) is 0 Å². The van der Waals surface area contributed by atoms with Crippen molar-refractivity contribution in [1.82, 2.24) is 4.98 Å². The summed E-state index contributed by atoms with van der Waals surface area (Å²) in [5, 5.41) is 9.24. The maximum atomic E-state index is 9.24. The third kappa shape index (κ3) is 3.09. The zero-order valence-electron chi connectivity index (χ0n) is 9.87. The third-order valence-corrected chi connectivity index (χ3v) is 3.48. The minimum atomic E-state index is -0.295. The molecule has 0 radical (unpaired) electrons.